The fourth-order valence-corrected chi connectivity index (χ4v) is 6.56. The van der Waals surface area contributed by atoms with Crippen LogP contribution in [0.15, 0.2) is 59.9 Å². The molecule has 2 aromatic heterocycles. The third kappa shape index (κ3) is 9.29. The van der Waals surface area contributed by atoms with Crippen LogP contribution in [0.1, 0.15) is 50.4 Å². The molecule has 10 N–H and O–H groups in total. The third-order valence-electron chi connectivity index (χ3n) is 9.85. The molecule has 19 nitrogen and oxygen atoms in total. The van der Waals surface area contributed by atoms with Gasteiger partial charge in [0, 0.05) is 42.6 Å². The molecule has 7 atom stereocenters. The van der Waals surface area contributed by atoms with Crippen molar-refractivity contribution in [3.05, 3.63) is 71.2 Å². The van der Waals surface area contributed by atoms with Crippen molar-refractivity contribution >= 4 is 58.3 Å². The van der Waals surface area contributed by atoms with E-state index in [9.17, 15) is 38.7 Å². The van der Waals surface area contributed by atoms with Crippen molar-refractivity contribution in [3.63, 3.8) is 0 Å². The molecule has 294 valence electrons. The maximum absolute atomic E-state index is 14.6. The molecule has 0 bridgehead atoms. The minimum atomic E-state index is -1.44. The summed E-state index contributed by atoms with van der Waals surface area (Å²) >= 11 is 0. The van der Waals surface area contributed by atoms with Gasteiger partial charge in [-0.15, -0.1) is 5.10 Å². The summed E-state index contributed by atoms with van der Waals surface area (Å²) in [5.41, 5.74) is 21.5. The van der Waals surface area contributed by atoms with Crippen LogP contribution in [0.2, 0.25) is 0 Å². The second-order valence-electron chi connectivity index (χ2n) is 13.6. The molecular weight excluding hydrogens is 726 g/mol. The highest BCUT2D eigenvalue weighted by molar-refractivity contribution is 5.97. The number of aliphatic hydroxyl groups is 1. The number of nitrogens with zero attached hydrogens (tertiary/aromatic N) is 4. The molecule has 7 amide bonds. The quantitative estimate of drug-likeness (QED) is 0.0489. The molecule has 0 saturated carbocycles. The van der Waals surface area contributed by atoms with E-state index in [0.29, 0.717) is 23.3 Å². The lowest BCUT2D eigenvalue weighted by Crippen LogP contribution is -2.60. The van der Waals surface area contributed by atoms with Crippen LogP contribution < -0.4 is 32.7 Å². The molecule has 0 radical (unpaired) electrons. The van der Waals surface area contributed by atoms with E-state index >= 15 is 0 Å². The van der Waals surface area contributed by atoms with Crippen molar-refractivity contribution in [1.29, 1.82) is 0 Å². The van der Waals surface area contributed by atoms with Crippen molar-refractivity contribution in [2.24, 2.45) is 17.4 Å². The number of rotatable bonds is 19. The summed E-state index contributed by atoms with van der Waals surface area (Å²) in [5, 5.41) is 29.0. The first kappa shape index (κ1) is 40.4. The molecule has 3 aromatic rings. The number of para-hydroxylation sites is 1. The molecule has 1 aliphatic carbocycles. The van der Waals surface area contributed by atoms with E-state index in [1.807, 2.05) is 24.3 Å². The Morgan fingerprint density at radius 3 is 2.48 bits per heavy atom. The molecule has 7 unspecified atom stereocenters. The number of aromatic nitrogens is 4. The Labute approximate surface area is 320 Å². The van der Waals surface area contributed by atoms with Gasteiger partial charge in [-0.25, -0.2) is 4.68 Å². The lowest BCUT2D eigenvalue weighted by atomic mass is 9.96. The van der Waals surface area contributed by atoms with Crippen molar-refractivity contribution in [2.75, 3.05) is 13.2 Å². The number of nitrogens with two attached hydrogens (primary N) is 2. The average Bonchev–Trinajstić information content (AvgIpc) is 4.01. The molecule has 5 rings (SSSR count). The van der Waals surface area contributed by atoms with Crippen LogP contribution in [-0.4, -0.2) is 115 Å². The minimum absolute atomic E-state index is 0.00347. The number of H-pyrrole nitrogens is 1. The Morgan fingerprint density at radius 1 is 1.07 bits per heavy atom. The third-order valence-corrected chi connectivity index (χ3v) is 9.85. The SMILES string of the molecule is CCC(C)C(NC(=O)C(CC(N)=O)NC=O)C(=O)N1CC(n2cc(C3=C=C=C=C3)nn2)CC1C(=O)NC(Cc1c[nH]c2ccccc12)C(=O)NC(CO)C(N)=O. The molecule has 19 heteroatoms. The maximum Gasteiger partial charge on any atom is 0.246 e. The average molecular weight is 770 g/mol. The molecule has 0 spiro atoms. The molecule has 1 aromatic carbocycles. The van der Waals surface area contributed by atoms with Gasteiger partial charge >= 0.3 is 0 Å². The molecule has 3 heterocycles. The van der Waals surface area contributed by atoms with Gasteiger partial charge in [0.25, 0.3) is 0 Å². The van der Waals surface area contributed by atoms with Gasteiger partial charge < -0.3 is 47.7 Å². The number of hydrogen-bond acceptors (Lipinski definition) is 10. The predicted octanol–water partition coefficient (Wildman–Crippen LogP) is -2.03. The Morgan fingerprint density at radius 2 is 1.82 bits per heavy atom. The van der Waals surface area contributed by atoms with Gasteiger partial charge in [0.2, 0.25) is 41.9 Å². The highest BCUT2D eigenvalue weighted by atomic mass is 16.3. The van der Waals surface area contributed by atoms with E-state index in [1.165, 1.54) is 9.58 Å². The number of nitrogens with one attached hydrogen (secondary N) is 5. The van der Waals surface area contributed by atoms with Crippen molar-refractivity contribution in [1.82, 2.24) is 46.1 Å². The van der Waals surface area contributed by atoms with Crippen molar-refractivity contribution < 1.29 is 38.7 Å². The van der Waals surface area contributed by atoms with Crippen molar-refractivity contribution in [3.8, 4) is 0 Å². The highest BCUT2D eigenvalue weighted by Crippen LogP contribution is 2.30. The van der Waals surface area contributed by atoms with E-state index in [4.69, 9.17) is 11.5 Å². The zero-order valence-electron chi connectivity index (χ0n) is 30.7. The lowest BCUT2D eigenvalue weighted by molar-refractivity contribution is -0.143. The Bertz CT molecular complexity index is 2160. The normalized spacial score (nSPS) is 18.4. The first-order valence-electron chi connectivity index (χ1n) is 17.9. The molecule has 1 fully saturated rings. The number of aromatic amines is 1. The van der Waals surface area contributed by atoms with Crippen LogP contribution in [0, 0.1) is 5.92 Å². The first-order valence-corrected chi connectivity index (χ1v) is 17.9. The highest BCUT2D eigenvalue weighted by Gasteiger charge is 2.45. The van der Waals surface area contributed by atoms with Gasteiger partial charge in [-0.05, 0) is 23.3 Å². The summed E-state index contributed by atoms with van der Waals surface area (Å²) < 4.78 is 1.51. The number of amides is 7. The summed E-state index contributed by atoms with van der Waals surface area (Å²) in [4.78, 5) is 95.4. The van der Waals surface area contributed by atoms with Crippen LogP contribution in [-0.2, 0) is 40.0 Å². The van der Waals surface area contributed by atoms with Gasteiger partial charge in [-0.1, -0.05) is 55.1 Å². The van der Waals surface area contributed by atoms with Gasteiger partial charge in [-0.3, -0.25) is 33.6 Å². The van der Waals surface area contributed by atoms with Crippen LogP contribution >= 0.6 is 0 Å². The topological polar surface area (TPSA) is 290 Å². The predicted molar refractivity (Wildman–Crippen MR) is 198 cm³/mol. The number of likely N-dealkylation sites (tertiary alicyclic amines) is 1. The largest absolute Gasteiger partial charge is 0.394 e. The van der Waals surface area contributed by atoms with E-state index in [-0.39, 0.29) is 25.8 Å². The minimum Gasteiger partial charge on any atom is -0.394 e. The van der Waals surface area contributed by atoms with Crippen LogP contribution in [0.5, 0.6) is 0 Å². The summed E-state index contributed by atoms with van der Waals surface area (Å²) in [6.07, 6.45) is 4.99. The van der Waals surface area contributed by atoms with Gasteiger partial charge in [0.1, 0.15) is 35.9 Å². The lowest BCUT2D eigenvalue weighted by Gasteiger charge is -2.32. The van der Waals surface area contributed by atoms with E-state index in [0.717, 1.165) is 10.9 Å². The number of primary amides is 2. The molecular formula is C37H43N11O8. The molecule has 1 aliphatic heterocycles. The van der Waals surface area contributed by atoms with Crippen LogP contribution in [0.25, 0.3) is 16.5 Å². The summed E-state index contributed by atoms with van der Waals surface area (Å²) in [5.74, 6) is -5.40. The van der Waals surface area contributed by atoms with Crippen LogP contribution in [0.4, 0.5) is 0 Å². The van der Waals surface area contributed by atoms with E-state index < -0.39 is 90.6 Å². The summed E-state index contributed by atoms with van der Waals surface area (Å²) in [7, 11) is 0. The van der Waals surface area contributed by atoms with Crippen molar-refractivity contribution in [2.45, 2.75) is 75.8 Å². The van der Waals surface area contributed by atoms with Gasteiger partial charge in [0.05, 0.1) is 30.8 Å². The zero-order chi connectivity index (χ0) is 40.5. The fraction of sp³-hybridized carbons (Fsp3) is 0.405. The number of fused-ring (bicyclic) bond motifs is 1. The monoisotopic (exact) mass is 769 g/mol. The smallest absolute Gasteiger partial charge is 0.246 e. The second kappa shape index (κ2) is 18.0. The van der Waals surface area contributed by atoms with E-state index in [2.05, 4.69) is 53.8 Å². The number of carbonyl (C=O) groups is 7. The maximum atomic E-state index is 14.6. The number of aliphatic hydroxyl groups excluding tert-OH is 1. The number of allylic oxidation sites excluding steroid dienone is 2. The van der Waals surface area contributed by atoms with Crippen LogP contribution in [0.3, 0.4) is 0 Å². The summed E-state index contributed by atoms with van der Waals surface area (Å²) in [6, 6.07) is 0.110. The van der Waals surface area contributed by atoms with Gasteiger partial charge in [-0.2, -0.15) is 0 Å². The Balaban J connectivity index is 1.48. The second-order valence-corrected chi connectivity index (χ2v) is 13.6. The fourth-order valence-electron chi connectivity index (χ4n) is 6.56. The molecule has 2 aliphatic rings. The molecule has 56 heavy (non-hydrogen) atoms. The number of benzene rings is 1. The first-order chi connectivity index (χ1) is 26.8. The Kier molecular flexibility index (Phi) is 13.0. The zero-order valence-corrected chi connectivity index (χ0v) is 30.7. The van der Waals surface area contributed by atoms with Gasteiger partial charge in [0.15, 0.2) is 0 Å². The van der Waals surface area contributed by atoms with E-state index in [1.54, 1.807) is 32.3 Å². The molecule has 1 saturated heterocycles. The standard InChI is InChI=1S/C37H43N11O8/c1-3-20(2)32(44-34(53)26(41-19-50)14-31(38)51)37(56)47-16-23(48-17-28(45-46-48)21-8-4-5-9-21)13-30(47)36(55)42-27(35(54)43-29(18-49)33(39)52)12-22-15-40-25-11-7-6-10-24(22)25/h6-8,10-11,15,17,19-20,23,26-27,29-30,32,40,49H,3,12-14,16,18H2,1-2H3,(H2,38,51)(H2,39,52)(H,41,50)(H,42,55)(H,43,54)(H,44,53). The Hall–Kier alpha value is -6.77. The number of hydrogen-bond donors (Lipinski definition) is 8. The summed E-state index contributed by atoms with van der Waals surface area (Å²) in [6.45, 7) is 2.65. The number of carbonyl (C=O) groups excluding carboxylic acids is 7.